The zero-order chi connectivity index (χ0) is 9.54. The third-order valence-electron chi connectivity index (χ3n) is 3.03. The van der Waals surface area contributed by atoms with Crippen molar-refractivity contribution in [2.45, 2.75) is 5.92 Å². The first-order chi connectivity index (χ1) is 6.88. The molecule has 2 aliphatic carbocycles. The summed E-state index contributed by atoms with van der Waals surface area (Å²) in [5.74, 6) is 1.15. The van der Waals surface area contributed by atoms with Crippen LogP contribution in [0, 0.1) is 17.2 Å². The monoisotopic (exact) mass is 179 g/mol. The summed E-state index contributed by atoms with van der Waals surface area (Å²) < 4.78 is 0. The van der Waals surface area contributed by atoms with E-state index in [2.05, 4.69) is 36.4 Å². The highest BCUT2D eigenvalue weighted by molar-refractivity contribution is 5.63. The molecule has 1 nitrogen and oxygen atoms in total. The van der Waals surface area contributed by atoms with Crippen LogP contribution in [0.3, 0.4) is 0 Å². The van der Waals surface area contributed by atoms with Gasteiger partial charge in [0.15, 0.2) is 0 Å². The van der Waals surface area contributed by atoms with Gasteiger partial charge in [0.2, 0.25) is 0 Å². The largest absolute Gasteiger partial charge is 0.192 e. The van der Waals surface area contributed by atoms with E-state index in [1.807, 2.05) is 12.1 Å². The smallest absolute Gasteiger partial charge is 0.0991 e. The molecule has 0 spiro atoms. The maximum absolute atomic E-state index is 8.78. The molecule has 2 atom stereocenters. The summed E-state index contributed by atoms with van der Waals surface area (Å²) in [7, 11) is 0. The van der Waals surface area contributed by atoms with Crippen LogP contribution in [0.2, 0.25) is 0 Å². The summed E-state index contributed by atoms with van der Waals surface area (Å²) in [6, 6.07) is 8.12. The molecule has 1 aromatic carbocycles. The fourth-order valence-corrected chi connectivity index (χ4v) is 2.15. The molecule has 2 unspecified atom stereocenters. The van der Waals surface area contributed by atoms with Crippen LogP contribution in [-0.4, -0.2) is 0 Å². The molecule has 0 saturated heterocycles. The molecule has 0 fully saturated rings. The van der Waals surface area contributed by atoms with Crippen molar-refractivity contribution in [3.8, 4) is 6.07 Å². The molecule has 1 aromatic rings. The lowest BCUT2D eigenvalue weighted by atomic mass is 9.72. The Morgan fingerprint density at radius 3 is 2.79 bits per heavy atom. The third kappa shape index (κ3) is 0.885. The van der Waals surface area contributed by atoms with Gasteiger partial charge in [-0.3, -0.25) is 0 Å². The summed E-state index contributed by atoms with van der Waals surface area (Å²) >= 11 is 0. The first-order valence-electron chi connectivity index (χ1n) is 4.79. The lowest BCUT2D eigenvalue weighted by molar-refractivity contribution is 0.636. The van der Waals surface area contributed by atoms with E-state index in [1.54, 1.807) is 0 Å². The molecule has 1 heteroatoms. The summed E-state index contributed by atoms with van der Waals surface area (Å²) in [4.78, 5) is 0. The number of fused-ring (bicyclic) bond motifs is 3. The van der Waals surface area contributed by atoms with Crippen LogP contribution in [0.5, 0.6) is 0 Å². The zero-order valence-corrected chi connectivity index (χ0v) is 7.64. The fourth-order valence-electron chi connectivity index (χ4n) is 2.15. The minimum atomic E-state index is 0.558. The zero-order valence-electron chi connectivity index (χ0n) is 7.64. The van der Waals surface area contributed by atoms with Gasteiger partial charge in [-0.25, -0.2) is 0 Å². The van der Waals surface area contributed by atoms with Crippen LogP contribution in [0.1, 0.15) is 22.6 Å². The van der Waals surface area contributed by atoms with E-state index < -0.39 is 0 Å². The minimum absolute atomic E-state index is 0.558. The molecule has 66 valence electrons. The van der Waals surface area contributed by atoms with E-state index in [1.165, 1.54) is 11.1 Å². The second kappa shape index (κ2) is 2.59. The van der Waals surface area contributed by atoms with E-state index in [4.69, 9.17) is 5.26 Å². The van der Waals surface area contributed by atoms with Gasteiger partial charge in [0.1, 0.15) is 0 Å². The predicted octanol–water partition coefficient (Wildman–Crippen LogP) is 2.85. The minimum Gasteiger partial charge on any atom is -0.192 e. The highest BCUT2D eigenvalue weighted by Crippen LogP contribution is 2.41. The normalized spacial score (nSPS) is 25.9. The Morgan fingerprint density at radius 2 is 2.07 bits per heavy atom. The first kappa shape index (κ1) is 7.58. The van der Waals surface area contributed by atoms with Crippen molar-refractivity contribution < 1.29 is 0 Å². The average Bonchev–Trinajstić information content (AvgIpc) is 2.17. The standard InChI is InChI=1S/C13H9N/c14-8-9-1-5-13-11(7-9)3-2-10-4-6-12(10)13/h1-7,10,12H. The molecule has 0 aliphatic heterocycles. The molecular formula is C13H9N. The van der Waals surface area contributed by atoms with E-state index in [9.17, 15) is 0 Å². The van der Waals surface area contributed by atoms with E-state index >= 15 is 0 Å². The number of hydrogen-bond acceptors (Lipinski definition) is 1. The van der Waals surface area contributed by atoms with Gasteiger partial charge in [0, 0.05) is 11.8 Å². The van der Waals surface area contributed by atoms with Crippen molar-refractivity contribution in [3.63, 3.8) is 0 Å². The van der Waals surface area contributed by atoms with Crippen LogP contribution in [0.25, 0.3) is 6.08 Å². The summed E-state index contributed by atoms with van der Waals surface area (Å²) in [6.07, 6.45) is 8.80. The van der Waals surface area contributed by atoms with Gasteiger partial charge in [-0.05, 0) is 23.3 Å². The Morgan fingerprint density at radius 1 is 1.14 bits per heavy atom. The maximum atomic E-state index is 8.78. The van der Waals surface area contributed by atoms with Crippen LogP contribution in [0.15, 0.2) is 36.4 Å². The number of hydrogen-bond donors (Lipinski definition) is 0. The molecule has 0 saturated carbocycles. The van der Waals surface area contributed by atoms with Crippen LogP contribution in [-0.2, 0) is 0 Å². The van der Waals surface area contributed by atoms with Crippen molar-refractivity contribution in [3.05, 3.63) is 53.1 Å². The van der Waals surface area contributed by atoms with Gasteiger partial charge in [-0.15, -0.1) is 0 Å². The molecule has 0 amide bonds. The summed E-state index contributed by atoms with van der Waals surface area (Å²) in [5, 5.41) is 8.78. The van der Waals surface area contributed by atoms with Crippen LogP contribution >= 0.6 is 0 Å². The SMILES string of the molecule is N#Cc1ccc2c(c1)C=CC1C=CC21. The second-order valence-electron chi connectivity index (χ2n) is 3.80. The Bertz CT molecular complexity index is 488. The van der Waals surface area contributed by atoms with Gasteiger partial charge in [0.25, 0.3) is 0 Å². The molecule has 0 N–H and O–H groups in total. The summed E-state index contributed by atoms with van der Waals surface area (Å²) in [5.41, 5.74) is 3.31. The molecule has 14 heavy (non-hydrogen) atoms. The van der Waals surface area contributed by atoms with Gasteiger partial charge < -0.3 is 0 Å². The number of nitrogens with zero attached hydrogens (tertiary/aromatic N) is 1. The van der Waals surface area contributed by atoms with Gasteiger partial charge in [0.05, 0.1) is 11.6 Å². The lowest BCUT2D eigenvalue weighted by Crippen LogP contribution is -2.18. The number of benzene rings is 1. The molecule has 0 bridgehead atoms. The number of allylic oxidation sites excluding steroid dienone is 3. The Balaban J connectivity index is 2.17. The molecule has 0 radical (unpaired) electrons. The summed E-state index contributed by atoms with van der Waals surface area (Å²) in [6.45, 7) is 0. The van der Waals surface area contributed by atoms with Gasteiger partial charge in [-0.1, -0.05) is 30.4 Å². The van der Waals surface area contributed by atoms with Crippen molar-refractivity contribution in [2.24, 2.45) is 5.92 Å². The Labute approximate surface area is 83.0 Å². The molecule has 0 heterocycles. The third-order valence-corrected chi connectivity index (χ3v) is 3.03. The lowest BCUT2D eigenvalue weighted by Gasteiger charge is -2.32. The van der Waals surface area contributed by atoms with Crippen molar-refractivity contribution in [2.75, 3.05) is 0 Å². The topological polar surface area (TPSA) is 23.8 Å². The van der Waals surface area contributed by atoms with Gasteiger partial charge >= 0.3 is 0 Å². The molecule has 2 aliphatic rings. The second-order valence-corrected chi connectivity index (χ2v) is 3.80. The number of nitriles is 1. The molecule has 3 rings (SSSR count). The quantitative estimate of drug-likeness (QED) is 0.562. The maximum Gasteiger partial charge on any atom is 0.0991 e. The van der Waals surface area contributed by atoms with Crippen molar-refractivity contribution in [1.29, 1.82) is 5.26 Å². The van der Waals surface area contributed by atoms with E-state index in [0.717, 1.165) is 5.56 Å². The van der Waals surface area contributed by atoms with Crippen LogP contribution in [0.4, 0.5) is 0 Å². The molecular weight excluding hydrogens is 170 g/mol. The average molecular weight is 179 g/mol. The first-order valence-corrected chi connectivity index (χ1v) is 4.79. The van der Waals surface area contributed by atoms with Gasteiger partial charge in [-0.2, -0.15) is 5.26 Å². The Kier molecular flexibility index (Phi) is 1.40. The highest BCUT2D eigenvalue weighted by atomic mass is 14.3. The van der Waals surface area contributed by atoms with E-state index in [0.29, 0.717) is 11.8 Å². The molecule has 0 aromatic heterocycles. The van der Waals surface area contributed by atoms with Crippen LogP contribution < -0.4 is 0 Å². The predicted molar refractivity (Wildman–Crippen MR) is 55.6 cm³/mol. The van der Waals surface area contributed by atoms with E-state index in [-0.39, 0.29) is 0 Å². The van der Waals surface area contributed by atoms with Crippen molar-refractivity contribution in [1.82, 2.24) is 0 Å². The van der Waals surface area contributed by atoms with Crippen molar-refractivity contribution >= 4 is 6.08 Å². The fraction of sp³-hybridized carbons (Fsp3) is 0.154. The highest BCUT2D eigenvalue weighted by Gasteiger charge is 2.27. The number of rotatable bonds is 0. The Hall–Kier alpha value is -1.81.